The van der Waals surface area contributed by atoms with Crippen LogP contribution in [0.25, 0.3) is 0 Å². The molecule has 0 radical (unpaired) electrons. The number of aromatic nitrogens is 2. The Kier molecular flexibility index (Phi) is 6.14. The van der Waals surface area contributed by atoms with Gasteiger partial charge in [-0.1, -0.05) is 15.9 Å². The van der Waals surface area contributed by atoms with E-state index < -0.39 is 10.0 Å². The second-order valence-electron chi connectivity index (χ2n) is 5.40. The van der Waals surface area contributed by atoms with Crippen LogP contribution in [-0.4, -0.2) is 30.7 Å². The number of benzene rings is 1. The molecule has 7 nitrogen and oxygen atoms in total. The quantitative estimate of drug-likeness (QED) is 0.727. The Labute approximate surface area is 149 Å². The average Bonchev–Trinajstić information content (AvgIpc) is 2.95. The smallest absolute Gasteiger partial charge is 0.240 e. The molecule has 0 saturated heterocycles. The molecule has 1 aromatic carbocycles. The number of hydrogen-bond donors (Lipinski definition) is 2. The molecule has 1 aromatic heterocycles. The molecule has 2 aromatic rings. The first-order chi connectivity index (χ1) is 11.3. The van der Waals surface area contributed by atoms with Crippen LogP contribution in [0.4, 0.5) is 5.82 Å². The molecule has 1 heterocycles. The van der Waals surface area contributed by atoms with Crippen molar-refractivity contribution in [2.24, 2.45) is 0 Å². The monoisotopic (exact) mass is 414 g/mol. The summed E-state index contributed by atoms with van der Waals surface area (Å²) in [6.45, 7) is 3.92. The molecule has 0 aliphatic heterocycles. The van der Waals surface area contributed by atoms with Gasteiger partial charge in [0.15, 0.2) is 0 Å². The molecule has 2 rings (SSSR count). The van der Waals surface area contributed by atoms with Crippen molar-refractivity contribution in [3.63, 3.8) is 0 Å². The third-order valence-electron chi connectivity index (χ3n) is 3.20. The van der Waals surface area contributed by atoms with Gasteiger partial charge in [-0.25, -0.2) is 17.8 Å². The van der Waals surface area contributed by atoms with Crippen molar-refractivity contribution in [3.05, 3.63) is 41.0 Å². The summed E-state index contributed by atoms with van der Waals surface area (Å²) in [4.78, 5) is 12.1. The second kappa shape index (κ2) is 7.91. The first-order valence-electron chi connectivity index (χ1n) is 7.38. The van der Waals surface area contributed by atoms with Crippen LogP contribution in [0.15, 0.2) is 45.9 Å². The van der Waals surface area contributed by atoms with E-state index in [1.807, 2.05) is 13.8 Å². The van der Waals surface area contributed by atoms with Gasteiger partial charge in [-0.3, -0.25) is 4.79 Å². The van der Waals surface area contributed by atoms with Crippen molar-refractivity contribution in [2.75, 3.05) is 11.9 Å². The minimum Gasteiger partial charge on any atom is -0.311 e. The van der Waals surface area contributed by atoms with E-state index in [9.17, 15) is 13.2 Å². The zero-order valence-corrected chi connectivity index (χ0v) is 15.8. The molecule has 0 fully saturated rings. The van der Waals surface area contributed by atoms with Crippen LogP contribution >= 0.6 is 15.9 Å². The standard InChI is InChI=1S/C15H19BrN4O3S/c1-11(2)20-14(7-9-17-20)19-15(21)8-10-18-24(22,23)13-5-3-12(16)4-6-13/h3-7,9,11,18H,8,10H2,1-2H3,(H,19,21). The van der Waals surface area contributed by atoms with Gasteiger partial charge in [0.1, 0.15) is 5.82 Å². The minimum atomic E-state index is -3.62. The molecule has 2 N–H and O–H groups in total. The van der Waals surface area contributed by atoms with Crippen LogP contribution in [0, 0.1) is 0 Å². The number of carbonyl (C=O) groups is 1. The zero-order valence-electron chi connectivity index (χ0n) is 13.4. The van der Waals surface area contributed by atoms with Crippen LogP contribution in [0.3, 0.4) is 0 Å². The van der Waals surface area contributed by atoms with E-state index in [0.29, 0.717) is 5.82 Å². The fraction of sp³-hybridized carbons (Fsp3) is 0.333. The van der Waals surface area contributed by atoms with Crippen molar-refractivity contribution < 1.29 is 13.2 Å². The highest BCUT2D eigenvalue weighted by Gasteiger charge is 2.15. The number of sulfonamides is 1. The lowest BCUT2D eigenvalue weighted by Gasteiger charge is -2.12. The number of halogens is 1. The molecule has 130 valence electrons. The number of nitrogens with zero attached hydrogens (tertiary/aromatic N) is 2. The number of amides is 1. The third-order valence-corrected chi connectivity index (χ3v) is 5.20. The lowest BCUT2D eigenvalue weighted by Crippen LogP contribution is -2.28. The number of nitrogens with one attached hydrogen (secondary N) is 2. The average molecular weight is 415 g/mol. The lowest BCUT2D eigenvalue weighted by atomic mass is 10.4. The molecule has 0 aliphatic rings. The molecular formula is C15H19BrN4O3S. The Hall–Kier alpha value is -1.71. The van der Waals surface area contributed by atoms with E-state index in [-0.39, 0.29) is 29.8 Å². The van der Waals surface area contributed by atoms with Crippen LogP contribution in [-0.2, 0) is 14.8 Å². The van der Waals surface area contributed by atoms with Crippen LogP contribution in [0.1, 0.15) is 26.3 Å². The fourth-order valence-electron chi connectivity index (χ4n) is 2.03. The highest BCUT2D eigenvalue weighted by Crippen LogP contribution is 2.15. The molecule has 9 heteroatoms. The van der Waals surface area contributed by atoms with Gasteiger partial charge < -0.3 is 5.32 Å². The SMILES string of the molecule is CC(C)n1nccc1NC(=O)CCNS(=O)(=O)c1ccc(Br)cc1. The molecule has 0 bridgehead atoms. The predicted molar refractivity (Wildman–Crippen MR) is 95.2 cm³/mol. The molecule has 0 saturated carbocycles. The van der Waals surface area contributed by atoms with Crippen molar-refractivity contribution in [1.29, 1.82) is 0 Å². The predicted octanol–water partition coefficient (Wildman–Crippen LogP) is 2.53. The van der Waals surface area contributed by atoms with Crippen LogP contribution in [0.2, 0.25) is 0 Å². The molecular weight excluding hydrogens is 396 g/mol. The van der Waals surface area contributed by atoms with E-state index in [1.165, 1.54) is 12.1 Å². The first-order valence-corrected chi connectivity index (χ1v) is 9.66. The maximum Gasteiger partial charge on any atom is 0.240 e. The van der Waals surface area contributed by atoms with Gasteiger partial charge in [0, 0.05) is 29.5 Å². The van der Waals surface area contributed by atoms with E-state index in [0.717, 1.165) is 4.47 Å². The minimum absolute atomic E-state index is 0.0139. The molecule has 0 spiro atoms. The Balaban J connectivity index is 1.88. The number of carbonyl (C=O) groups excluding carboxylic acids is 1. The Bertz CT molecular complexity index is 800. The summed E-state index contributed by atoms with van der Waals surface area (Å²) in [6.07, 6.45) is 1.63. The van der Waals surface area contributed by atoms with E-state index in [2.05, 4.69) is 31.1 Å². The van der Waals surface area contributed by atoms with E-state index in [1.54, 1.807) is 29.1 Å². The maximum absolute atomic E-state index is 12.1. The van der Waals surface area contributed by atoms with Gasteiger partial charge in [0.25, 0.3) is 0 Å². The second-order valence-corrected chi connectivity index (χ2v) is 8.09. The number of rotatable bonds is 7. The molecule has 1 amide bonds. The summed E-state index contributed by atoms with van der Waals surface area (Å²) in [7, 11) is -3.62. The van der Waals surface area contributed by atoms with E-state index >= 15 is 0 Å². The van der Waals surface area contributed by atoms with E-state index in [4.69, 9.17) is 0 Å². The summed E-state index contributed by atoms with van der Waals surface area (Å²) in [5.41, 5.74) is 0. The zero-order chi connectivity index (χ0) is 17.7. The Morgan fingerprint density at radius 3 is 2.54 bits per heavy atom. The summed E-state index contributed by atoms with van der Waals surface area (Å²) >= 11 is 3.25. The van der Waals surface area contributed by atoms with Crippen molar-refractivity contribution >= 4 is 37.7 Å². The maximum atomic E-state index is 12.1. The third kappa shape index (κ3) is 4.89. The van der Waals surface area contributed by atoms with Crippen molar-refractivity contribution in [2.45, 2.75) is 31.2 Å². The van der Waals surface area contributed by atoms with Crippen molar-refractivity contribution in [1.82, 2.24) is 14.5 Å². The van der Waals surface area contributed by atoms with Gasteiger partial charge in [-0.15, -0.1) is 0 Å². The highest BCUT2D eigenvalue weighted by atomic mass is 79.9. The molecule has 0 unspecified atom stereocenters. The summed E-state index contributed by atoms with van der Waals surface area (Å²) in [6, 6.07) is 8.10. The fourth-order valence-corrected chi connectivity index (χ4v) is 3.32. The van der Waals surface area contributed by atoms with Crippen molar-refractivity contribution in [3.8, 4) is 0 Å². The molecule has 24 heavy (non-hydrogen) atoms. The molecule has 0 aliphatic carbocycles. The van der Waals surface area contributed by atoms with Gasteiger partial charge in [-0.05, 0) is 38.1 Å². The van der Waals surface area contributed by atoms with Crippen LogP contribution < -0.4 is 10.0 Å². The van der Waals surface area contributed by atoms with Gasteiger partial charge in [0.2, 0.25) is 15.9 Å². The summed E-state index contributed by atoms with van der Waals surface area (Å²) in [5.74, 6) is 0.307. The molecule has 0 atom stereocenters. The summed E-state index contributed by atoms with van der Waals surface area (Å²) in [5, 5.41) is 6.85. The Morgan fingerprint density at radius 2 is 1.92 bits per heavy atom. The summed E-state index contributed by atoms with van der Waals surface area (Å²) < 4.78 is 29.1. The Morgan fingerprint density at radius 1 is 1.25 bits per heavy atom. The van der Waals surface area contributed by atoms with Crippen LogP contribution in [0.5, 0.6) is 0 Å². The van der Waals surface area contributed by atoms with Gasteiger partial charge in [0.05, 0.1) is 11.1 Å². The topological polar surface area (TPSA) is 93.1 Å². The normalized spacial score (nSPS) is 11.7. The largest absolute Gasteiger partial charge is 0.311 e. The lowest BCUT2D eigenvalue weighted by molar-refractivity contribution is -0.116. The number of anilines is 1. The number of hydrogen-bond acceptors (Lipinski definition) is 4. The van der Waals surface area contributed by atoms with Gasteiger partial charge in [-0.2, -0.15) is 5.10 Å². The first kappa shape index (κ1) is 18.6. The highest BCUT2D eigenvalue weighted by molar-refractivity contribution is 9.10. The van der Waals surface area contributed by atoms with Gasteiger partial charge >= 0.3 is 0 Å².